The molecule has 88 valence electrons. The molecule has 0 aliphatic rings. The lowest BCUT2D eigenvalue weighted by atomic mass is 10.4. The molecule has 0 aromatic carbocycles. The van der Waals surface area contributed by atoms with Gasteiger partial charge in [0, 0.05) is 13.2 Å². The van der Waals surface area contributed by atoms with Crippen molar-refractivity contribution in [2.75, 3.05) is 12.8 Å². The van der Waals surface area contributed by atoms with Crippen molar-refractivity contribution in [3.8, 4) is 0 Å². The Morgan fingerprint density at radius 3 is 2.88 bits per heavy atom. The third kappa shape index (κ3) is 3.26. The minimum absolute atomic E-state index is 0.0709. The van der Waals surface area contributed by atoms with Crippen molar-refractivity contribution < 1.29 is 14.3 Å². The maximum atomic E-state index is 11.3. The smallest absolute Gasteiger partial charge is 0.328 e. The molecule has 1 unspecified atom stereocenters. The molecule has 0 aliphatic carbocycles. The van der Waals surface area contributed by atoms with Gasteiger partial charge in [-0.25, -0.2) is 0 Å². The summed E-state index contributed by atoms with van der Waals surface area (Å²) in [6.45, 7) is 1.42. The minimum Gasteiger partial charge on any atom is -0.451 e. The normalized spacial score (nSPS) is 11.9. The number of esters is 1. The molecule has 0 radical (unpaired) electrons. The number of carbonyl (C=O) groups excluding carboxylic acids is 2. The third-order valence-corrected chi connectivity index (χ3v) is 1.88. The number of likely N-dealkylation sites (N-methyl/N-ethyl adjacent to an activating group) is 1. The summed E-state index contributed by atoms with van der Waals surface area (Å²) >= 11 is 0. The second-order valence-corrected chi connectivity index (χ2v) is 3.18. The highest BCUT2D eigenvalue weighted by Crippen LogP contribution is 1.98. The molecule has 0 saturated carbocycles. The molecule has 1 atom stereocenters. The van der Waals surface area contributed by atoms with Crippen LogP contribution < -0.4 is 11.1 Å². The van der Waals surface area contributed by atoms with Crippen molar-refractivity contribution in [2.24, 2.45) is 0 Å². The number of rotatable bonds is 4. The summed E-state index contributed by atoms with van der Waals surface area (Å²) < 4.78 is 6.21. The van der Waals surface area contributed by atoms with Crippen molar-refractivity contribution in [2.45, 2.75) is 19.6 Å². The monoisotopic (exact) mass is 226 g/mol. The Labute approximate surface area is 92.6 Å². The van der Waals surface area contributed by atoms with Crippen molar-refractivity contribution in [1.29, 1.82) is 0 Å². The van der Waals surface area contributed by atoms with Gasteiger partial charge in [-0.1, -0.05) is 0 Å². The summed E-state index contributed by atoms with van der Waals surface area (Å²) in [5.74, 6) is -0.570. The van der Waals surface area contributed by atoms with Crippen molar-refractivity contribution in [3.05, 3.63) is 12.3 Å². The number of ether oxygens (including phenoxy) is 1. The van der Waals surface area contributed by atoms with Crippen LogP contribution in [0.4, 0.5) is 5.82 Å². The van der Waals surface area contributed by atoms with E-state index in [4.69, 9.17) is 10.5 Å². The number of amides is 1. The molecule has 3 N–H and O–H groups in total. The van der Waals surface area contributed by atoms with Gasteiger partial charge in [0.1, 0.15) is 12.4 Å². The summed E-state index contributed by atoms with van der Waals surface area (Å²) in [4.78, 5) is 22.4. The lowest BCUT2D eigenvalue weighted by molar-refractivity contribution is -0.155. The van der Waals surface area contributed by atoms with Crippen LogP contribution in [0.1, 0.15) is 6.92 Å². The van der Waals surface area contributed by atoms with Crippen LogP contribution in [0.25, 0.3) is 0 Å². The van der Waals surface area contributed by atoms with E-state index in [-0.39, 0.29) is 12.5 Å². The van der Waals surface area contributed by atoms with Gasteiger partial charge in [-0.15, -0.1) is 0 Å². The van der Waals surface area contributed by atoms with Crippen LogP contribution in [0, 0.1) is 0 Å². The van der Waals surface area contributed by atoms with E-state index in [0.717, 1.165) is 0 Å². The fourth-order valence-electron chi connectivity index (χ4n) is 1.09. The molecule has 1 aromatic heterocycles. The maximum absolute atomic E-state index is 11.3. The van der Waals surface area contributed by atoms with E-state index in [0.29, 0.717) is 5.82 Å². The fraction of sp³-hybridized carbons (Fsp3) is 0.444. The van der Waals surface area contributed by atoms with E-state index in [9.17, 15) is 9.59 Å². The van der Waals surface area contributed by atoms with Crippen LogP contribution in [0.2, 0.25) is 0 Å². The zero-order valence-electron chi connectivity index (χ0n) is 9.14. The summed E-state index contributed by atoms with van der Waals surface area (Å²) in [6.07, 6.45) is 0.742. The maximum Gasteiger partial charge on any atom is 0.328 e. The minimum atomic E-state index is -0.814. The molecular formula is C9H14N4O3. The van der Waals surface area contributed by atoms with Gasteiger partial charge in [0.2, 0.25) is 0 Å². The number of nitrogens with two attached hydrogens (primary N) is 1. The fourth-order valence-corrected chi connectivity index (χ4v) is 1.09. The first-order valence-electron chi connectivity index (χ1n) is 4.73. The Balaban J connectivity index is 2.45. The van der Waals surface area contributed by atoms with Gasteiger partial charge in [-0.3, -0.25) is 14.3 Å². The molecule has 1 heterocycles. The Kier molecular flexibility index (Phi) is 3.87. The summed E-state index contributed by atoms with van der Waals surface area (Å²) in [5.41, 5.74) is 5.38. The number of carbonyl (C=O) groups is 2. The topological polar surface area (TPSA) is 99.2 Å². The number of aromatic nitrogens is 2. The van der Waals surface area contributed by atoms with E-state index < -0.39 is 12.1 Å². The lowest BCUT2D eigenvalue weighted by Crippen LogP contribution is -2.34. The van der Waals surface area contributed by atoms with E-state index >= 15 is 0 Å². The largest absolute Gasteiger partial charge is 0.451 e. The Morgan fingerprint density at radius 2 is 2.38 bits per heavy atom. The molecule has 0 bridgehead atoms. The van der Waals surface area contributed by atoms with Gasteiger partial charge in [-0.05, 0) is 13.0 Å². The second-order valence-electron chi connectivity index (χ2n) is 3.18. The van der Waals surface area contributed by atoms with Crippen LogP contribution in [0.15, 0.2) is 12.3 Å². The van der Waals surface area contributed by atoms with Crippen molar-refractivity contribution >= 4 is 17.7 Å². The lowest BCUT2D eigenvalue weighted by Gasteiger charge is -2.11. The van der Waals surface area contributed by atoms with Crippen molar-refractivity contribution in [3.63, 3.8) is 0 Å². The van der Waals surface area contributed by atoms with Crippen molar-refractivity contribution in [1.82, 2.24) is 15.1 Å². The van der Waals surface area contributed by atoms with Crippen LogP contribution >= 0.6 is 0 Å². The molecule has 1 amide bonds. The molecular weight excluding hydrogens is 212 g/mol. The van der Waals surface area contributed by atoms with E-state index in [1.807, 2.05) is 0 Å². The van der Waals surface area contributed by atoms with E-state index in [1.54, 1.807) is 12.3 Å². The molecule has 0 fully saturated rings. The van der Waals surface area contributed by atoms with E-state index in [1.165, 1.54) is 18.7 Å². The number of nitrogen functional groups attached to an aromatic ring is 1. The molecule has 16 heavy (non-hydrogen) atoms. The van der Waals surface area contributed by atoms with Crippen LogP contribution in [0.3, 0.4) is 0 Å². The number of hydrogen-bond donors (Lipinski definition) is 2. The molecule has 0 aliphatic heterocycles. The molecule has 1 aromatic rings. The first-order valence-corrected chi connectivity index (χ1v) is 4.73. The summed E-state index contributed by atoms with van der Waals surface area (Å²) in [5, 5.41) is 6.20. The predicted octanol–water partition coefficient (Wildman–Crippen LogP) is -0.857. The Morgan fingerprint density at radius 1 is 1.69 bits per heavy atom. The molecule has 0 spiro atoms. The third-order valence-electron chi connectivity index (χ3n) is 1.88. The SMILES string of the molecule is CNC(=O)C(C)OC(=O)Cn1ccc(N)n1. The number of nitrogens with zero attached hydrogens (tertiary/aromatic N) is 2. The highest BCUT2D eigenvalue weighted by Gasteiger charge is 2.16. The van der Waals surface area contributed by atoms with Gasteiger partial charge >= 0.3 is 5.97 Å². The van der Waals surface area contributed by atoms with Crippen LogP contribution in [0.5, 0.6) is 0 Å². The van der Waals surface area contributed by atoms with E-state index in [2.05, 4.69) is 10.4 Å². The first kappa shape index (κ1) is 12.0. The molecule has 0 saturated heterocycles. The quantitative estimate of drug-likeness (QED) is 0.651. The van der Waals surface area contributed by atoms with Gasteiger partial charge in [0.15, 0.2) is 6.10 Å². The first-order chi connectivity index (χ1) is 7.52. The van der Waals surface area contributed by atoms with Crippen LogP contribution in [-0.2, 0) is 20.9 Å². The highest BCUT2D eigenvalue weighted by atomic mass is 16.5. The summed E-state index contributed by atoms with van der Waals surface area (Å²) in [7, 11) is 1.47. The highest BCUT2D eigenvalue weighted by molar-refractivity contribution is 5.83. The van der Waals surface area contributed by atoms with Gasteiger partial charge in [0.25, 0.3) is 5.91 Å². The van der Waals surface area contributed by atoms with Gasteiger partial charge in [0.05, 0.1) is 0 Å². The number of anilines is 1. The Hall–Kier alpha value is -2.05. The average Bonchev–Trinajstić information content (AvgIpc) is 2.62. The number of hydrogen-bond acceptors (Lipinski definition) is 5. The van der Waals surface area contributed by atoms with Gasteiger partial charge in [-0.2, -0.15) is 5.10 Å². The molecule has 1 rings (SSSR count). The number of nitrogens with one attached hydrogen (secondary N) is 1. The zero-order chi connectivity index (χ0) is 12.1. The summed E-state index contributed by atoms with van der Waals surface area (Å²) in [6, 6.07) is 1.56. The predicted molar refractivity (Wildman–Crippen MR) is 56.3 cm³/mol. The molecule has 7 nitrogen and oxygen atoms in total. The second kappa shape index (κ2) is 5.15. The Bertz CT molecular complexity index is 388. The standard InChI is InChI=1S/C9H14N4O3/c1-6(9(15)11-2)16-8(14)5-13-4-3-7(10)12-13/h3-4,6H,5H2,1-2H3,(H2,10,12)(H,11,15). The molecule has 7 heteroatoms. The average molecular weight is 226 g/mol. The zero-order valence-corrected chi connectivity index (χ0v) is 9.14. The van der Waals surface area contributed by atoms with Gasteiger partial charge < -0.3 is 15.8 Å². The van der Waals surface area contributed by atoms with Crippen LogP contribution in [-0.4, -0.2) is 34.8 Å².